The Morgan fingerprint density at radius 2 is 1.65 bits per heavy atom. The van der Waals surface area contributed by atoms with E-state index in [0.717, 1.165) is 38.5 Å². The molecule has 1 heterocycles. The van der Waals surface area contributed by atoms with Gasteiger partial charge in [-0.2, -0.15) is 0 Å². The molecule has 0 aliphatic heterocycles. The summed E-state index contributed by atoms with van der Waals surface area (Å²) in [5, 5.41) is 0.270. The zero-order valence-corrected chi connectivity index (χ0v) is 15.4. The Morgan fingerprint density at radius 3 is 2.22 bits per heavy atom. The van der Waals surface area contributed by atoms with Crippen LogP contribution in [0.5, 0.6) is 0 Å². The molecule has 0 fully saturated rings. The van der Waals surface area contributed by atoms with E-state index in [0.29, 0.717) is 0 Å². The third-order valence-electron chi connectivity index (χ3n) is 4.04. The summed E-state index contributed by atoms with van der Waals surface area (Å²) in [5.74, 6) is -0.413. The molecule has 1 atom stereocenters. The zero-order chi connectivity index (χ0) is 17.1. The largest absolute Gasteiger partial charge is 0.455 e. The zero-order valence-electron chi connectivity index (χ0n) is 14.6. The summed E-state index contributed by atoms with van der Waals surface area (Å²) < 4.78 is 5.81. The monoisotopic (exact) mass is 340 g/mol. The van der Waals surface area contributed by atoms with E-state index in [-0.39, 0.29) is 10.8 Å². The summed E-state index contributed by atoms with van der Waals surface area (Å²) in [6.45, 7) is 6.41. The van der Waals surface area contributed by atoms with Crippen LogP contribution in [0.3, 0.4) is 0 Å². The maximum Gasteiger partial charge on any atom is 0.359 e. The number of carbonyl (C=O) groups excluding carboxylic acids is 1. The van der Waals surface area contributed by atoms with Gasteiger partial charge in [0.2, 0.25) is 0 Å². The number of nitrogens with zero attached hydrogens (tertiary/aromatic N) is 2. The number of ether oxygens (including phenoxy) is 1. The van der Waals surface area contributed by atoms with Crippen LogP contribution in [0, 0.1) is 0 Å². The topological polar surface area (TPSA) is 52.1 Å². The maximum absolute atomic E-state index is 12.3. The van der Waals surface area contributed by atoms with Crippen LogP contribution >= 0.6 is 11.6 Å². The minimum Gasteiger partial charge on any atom is -0.455 e. The van der Waals surface area contributed by atoms with Gasteiger partial charge < -0.3 is 4.74 Å². The molecule has 0 N–H and O–H groups in total. The molecule has 0 aliphatic carbocycles. The molecule has 1 aromatic rings. The van der Waals surface area contributed by atoms with E-state index in [1.54, 1.807) is 0 Å². The normalized spacial score (nSPS) is 13.6. The Bertz CT molecular complexity index is 465. The van der Waals surface area contributed by atoms with Crippen molar-refractivity contribution in [3.8, 4) is 0 Å². The second-order valence-corrected chi connectivity index (χ2v) is 6.72. The van der Waals surface area contributed by atoms with Crippen molar-refractivity contribution in [3.63, 3.8) is 0 Å². The Labute approximate surface area is 145 Å². The van der Waals surface area contributed by atoms with Crippen molar-refractivity contribution in [2.75, 3.05) is 0 Å². The first-order valence-electron chi connectivity index (χ1n) is 8.71. The van der Waals surface area contributed by atoms with E-state index in [9.17, 15) is 4.79 Å². The van der Waals surface area contributed by atoms with Gasteiger partial charge in [-0.1, -0.05) is 57.6 Å². The Morgan fingerprint density at radius 1 is 1.04 bits per heavy atom. The van der Waals surface area contributed by atoms with E-state index < -0.39 is 11.6 Å². The van der Waals surface area contributed by atoms with Gasteiger partial charge in [-0.15, -0.1) is 0 Å². The molecule has 5 heteroatoms. The first-order valence-corrected chi connectivity index (χ1v) is 9.09. The number of halogens is 1. The number of carbonyl (C=O) groups is 1. The van der Waals surface area contributed by atoms with E-state index in [4.69, 9.17) is 16.3 Å². The van der Waals surface area contributed by atoms with Crippen LogP contribution in [0.4, 0.5) is 0 Å². The van der Waals surface area contributed by atoms with Gasteiger partial charge in [0.1, 0.15) is 10.8 Å². The molecule has 23 heavy (non-hydrogen) atoms. The summed E-state index contributed by atoms with van der Waals surface area (Å²) in [5.41, 5.74) is -0.217. The quantitative estimate of drug-likeness (QED) is 0.389. The van der Waals surface area contributed by atoms with Crippen molar-refractivity contribution in [2.24, 2.45) is 0 Å². The lowest BCUT2D eigenvalue weighted by molar-refractivity contribution is -0.0205. The fourth-order valence-electron chi connectivity index (χ4n) is 2.60. The van der Waals surface area contributed by atoms with Crippen LogP contribution < -0.4 is 0 Å². The van der Waals surface area contributed by atoms with E-state index >= 15 is 0 Å². The first kappa shape index (κ1) is 19.9. The minimum atomic E-state index is -0.429. The average Bonchev–Trinajstić information content (AvgIpc) is 2.52. The van der Waals surface area contributed by atoms with Crippen molar-refractivity contribution in [2.45, 2.75) is 84.2 Å². The number of aromatic nitrogens is 2. The number of hydrogen-bond acceptors (Lipinski definition) is 4. The summed E-state index contributed by atoms with van der Waals surface area (Å²) in [7, 11) is 0. The lowest BCUT2D eigenvalue weighted by Crippen LogP contribution is -2.32. The van der Waals surface area contributed by atoms with Gasteiger partial charge in [-0.25, -0.2) is 14.8 Å². The summed E-state index contributed by atoms with van der Waals surface area (Å²) in [6.07, 6.45) is 12.6. The van der Waals surface area contributed by atoms with Crippen molar-refractivity contribution in [1.82, 2.24) is 9.97 Å². The first-order chi connectivity index (χ1) is 11.0. The molecule has 1 rings (SSSR count). The molecule has 0 amide bonds. The SMILES string of the molecule is CCCCCC[C@](C)(CCCCC)OC(=O)c1cnc(Cl)cn1. The highest BCUT2D eigenvalue weighted by Crippen LogP contribution is 2.27. The van der Waals surface area contributed by atoms with Crippen molar-refractivity contribution in [1.29, 1.82) is 0 Å². The van der Waals surface area contributed by atoms with Crippen LogP contribution in [0.1, 0.15) is 89.0 Å². The number of rotatable bonds is 11. The van der Waals surface area contributed by atoms with Crippen LogP contribution in [-0.2, 0) is 4.74 Å². The number of hydrogen-bond donors (Lipinski definition) is 0. The van der Waals surface area contributed by atoms with Gasteiger partial charge in [0.25, 0.3) is 0 Å². The highest BCUT2D eigenvalue weighted by molar-refractivity contribution is 6.29. The highest BCUT2D eigenvalue weighted by atomic mass is 35.5. The van der Waals surface area contributed by atoms with E-state index in [1.165, 1.54) is 31.7 Å². The standard InChI is InChI=1S/C18H29ClN2O2/c1-4-6-8-10-12-18(3,11-9-7-5-2)23-17(22)15-13-21-16(19)14-20-15/h13-14H,4-12H2,1-3H3/t18-/m0/s1. The van der Waals surface area contributed by atoms with E-state index in [2.05, 4.69) is 23.8 Å². The van der Waals surface area contributed by atoms with Gasteiger partial charge in [0, 0.05) is 0 Å². The highest BCUT2D eigenvalue weighted by Gasteiger charge is 2.29. The van der Waals surface area contributed by atoms with Crippen molar-refractivity contribution in [3.05, 3.63) is 23.2 Å². The van der Waals surface area contributed by atoms with Gasteiger partial charge in [-0.3, -0.25) is 0 Å². The minimum absolute atomic E-state index is 0.213. The lowest BCUT2D eigenvalue weighted by atomic mass is 9.91. The lowest BCUT2D eigenvalue weighted by Gasteiger charge is -2.29. The summed E-state index contributed by atoms with van der Waals surface area (Å²) >= 11 is 5.71. The predicted octanol–water partition coefficient (Wildman–Crippen LogP) is 5.60. The molecular formula is C18H29ClN2O2. The molecule has 0 bridgehead atoms. The Kier molecular flexibility index (Phi) is 9.15. The molecule has 4 nitrogen and oxygen atoms in total. The molecule has 0 aromatic carbocycles. The number of unbranched alkanes of at least 4 members (excludes halogenated alkanes) is 5. The predicted molar refractivity (Wildman–Crippen MR) is 93.8 cm³/mol. The second-order valence-electron chi connectivity index (χ2n) is 6.33. The van der Waals surface area contributed by atoms with Gasteiger partial charge in [0.15, 0.2) is 5.69 Å². The van der Waals surface area contributed by atoms with E-state index in [1.807, 2.05) is 6.92 Å². The molecular weight excluding hydrogens is 312 g/mol. The van der Waals surface area contributed by atoms with Crippen molar-refractivity contribution < 1.29 is 9.53 Å². The molecule has 0 saturated carbocycles. The van der Waals surface area contributed by atoms with Crippen molar-refractivity contribution >= 4 is 17.6 Å². The average molecular weight is 341 g/mol. The maximum atomic E-state index is 12.3. The Balaban J connectivity index is 2.65. The summed E-state index contributed by atoms with van der Waals surface area (Å²) in [4.78, 5) is 20.2. The smallest absolute Gasteiger partial charge is 0.359 e. The molecule has 130 valence electrons. The van der Waals surface area contributed by atoms with Gasteiger partial charge >= 0.3 is 5.97 Å². The van der Waals surface area contributed by atoms with Crippen LogP contribution in [0.25, 0.3) is 0 Å². The summed E-state index contributed by atoms with van der Waals surface area (Å²) in [6, 6.07) is 0. The molecule has 1 aromatic heterocycles. The Hall–Kier alpha value is -1.16. The second kappa shape index (κ2) is 10.6. The van der Waals surface area contributed by atoms with Crippen LogP contribution in [0.2, 0.25) is 5.15 Å². The van der Waals surface area contributed by atoms with Gasteiger partial charge in [-0.05, 0) is 32.6 Å². The fraction of sp³-hybridized carbons (Fsp3) is 0.722. The van der Waals surface area contributed by atoms with Gasteiger partial charge in [0.05, 0.1) is 12.4 Å². The molecule has 0 saturated heterocycles. The number of esters is 1. The van der Waals surface area contributed by atoms with Crippen LogP contribution in [-0.4, -0.2) is 21.5 Å². The third kappa shape index (κ3) is 7.78. The van der Waals surface area contributed by atoms with Crippen LogP contribution in [0.15, 0.2) is 12.4 Å². The molecule has 0 aliphatic rings. The molecule has 0 unspecified atom stereocenters. The molecule has 0 radical (unpaired) electrons. The third-order valence-corrected chi connectivity index (χ3v) is 4.23. The molecule has 0 spiro atoms. The fourth-order valence-corrected chi connectivity index (χ4v) is 2.69.